The van der Waals surface area contributed by atoms with Crippen molar-refractivity contribution in [1.82, 2.24) is 5.32 Å². The summed E-state index contributed by atoms with van der Waals surface area (Å²) >= 11 is 0. The number of aliphatic hydroxyl groups excluding tert-OH is 1. The average molecular weight is 209 g/mol. The quantitative estimate of drug-likeness (QED) is 0.696. The molecule has 2 aliphatic rings. The van der Waals surface area contributed by atoms with E-state index in [9.17, 15) is 5.11 Å². The summed E-state index contributed by atoms with van der Waals surface area (Å²) in [7, 11) is 0. The highest BCUT2D eigenvalue weighted by molar-refractivity contribution is 4.94. The lowest BCUT2D eigenvalue weighted by molar-refractivity contribution is 0.179. The molecule has 0 saturated heterocycles. The van der Waals surface area contributed by atoms with Gasteiger partial charge in [-0.3, -0.25) is 0 Å². The minimum absolute atomic E-state index is 0.301. The molecule has 2 N–H and O–H groups in total. The van der Waals surface area contributed by atoms with Gasteiger partial charge in [-0.1, -0.05) is 25.0 Å². The molecule has 86 valence electrons. The molecule has 0 amide bonds. The van der Waals surface area contributed by atoms with Crippen LogP contribution in [0.25, 0.3) is 0 Å². The van der Waals surface area contributed by atoms with E-state index in [1.165, 1.54) is 38.5 Å². The summed E-state index contributed by atoms with van der Waals surface area (Å²) in [5.41, 5.74) is 0. The van der Waals surface area contributed by atoms with Crippen LogP contribution in [0.5, 0.6) is 0 Å². The largest absolute Gasteiger partial charge is 0.395 e. The van der Waals surface area contributed by atoms with Crippen molar-refractivity contribution in [2.75, 3.05) is 6.61 Å². The van der Waals surface area contributed by atoms with Gasteiger partial charge in [-0.05, 0) is 38.0 Å². The number of nitrogens with one attached hydrogen (secondary N) is 1. The molecular formula is C13H23NO. The van der Waals surface area contributed by atoms with Crippen molar-refractivity contribution in [2.24, 2.45) is 5.92 Å². The van der Waals surface area contributed by atoms with E-state index in [-0.39, 0.29) is 0 Å². The fourth-order valence-electron chi connectivity index (χ4n) is 2.92. The number of rotatable bonds is 4. The summed E-state index contributed by atoms with van der Waals surface area (Å²) < 4.78 is 0. The summed E-state index contributed by atoms with van der Waals surface area (Å²) in [5.74, 6) is 0.653. The van der Waals surface area contributed by atoms with Crippen molar-refractivity contribution in [1.29, 1.82) is 0 Å². The van der Waals surface area contributed by atoms with Crippen LogP contribution >= 0.6 is 0 Å². The maximum Gasteiger partial charge on any atom is 0.0587 e. The van der Waals surface area contributed by atoms with Gasteiger partial charge in [0.15, 0.2) is 0 Å². The van der Waals surface area contributed by atoms with Crippen molar-refractivity contribution in [3.63, 3.8) is 0 Å². The van der Waals surface area contributed by atoms with E-state index in [2.05, 4.69) is 17.5 Å². The van der Waals surface area contributed by atoms with Gasteiger partial charge < -0.3 is 10.4 Å². The van der Waals surface area contributed by atoms with Crippen LogP contribution in [0.15, 0.2) is 12.2 Å². The molecule has 0 heterocycles. The first-order valence-corrected chi connectivity index (χ1v) is 6.42. The molecule has 0 spiro atoms. The predicted octanol–water partition coefficient (Wildman–Crippen LogP) is 2.24. The van der Waals surface area contributed by atoms with E-state index in [0.29, 0.717) is 24.6 Å². The maximum absolute atomic E-state index is 9.45. The zero-order valence-electron chi connectivity index (χ0n) is 9.49. The fraction of sp³-hybridized carbons (Fsp3) is 0.846. The summed E-state index contributed by atoms with van der Waals surface area (Å²) in [6, 6.07) is 1.01. The molecule has 2 heteroatoms. The Morgan fingerprint density at radius 3 is 2.60 bits per heavy atom. The topological polar surface area (TPSA) is 32.3 Å². The summed E-state index contributed by atoms with van der Waals surface area (Å²) in [6.07, 6.45) is 13.4. The molecule has 2 nitrogen and oxygen atoms in total. The van der Waals surface area contributed by atoms with Gasteiger partial charge in [-0.15, -0.1) is 0 Å². The lowest BCUT2D eigenvalue weighted by Crippen LogP contribution is -2.44. The first-order chi connectivity index (χ1) is 7.40. The van der Waals surface area contributed by atoms with Crippen molar-refractivity contribution >= 4 is 0 Å². The van der Waals surface area contributed by atoms with Crippen LogP contribution in [0.3, 0.4) is 0 Å². The Hall–Kier alpha value is -0.340. The standard InChI is InChI=1S/C13H23NO/c15-10-13(11-6-2-1-3-7-11)14-12-8-4-5-9-12/h1-2,11-15H,3-10H2. The third-order valence-electron chi connectivity index (χ3n) is 3.88. The van der Waals surface area contributed by atoms with E-state index in [1.54, 1.807) is 0 Å². The molecule has 2 atom stereocenters. The molecule has 1 saturated carbocycles. The molecule has 2 aliphatic carbocycles. The second-order valence-electron chi connectivity index (χ2n) is 4.98. The van der Waals surface area contributed by atoms with Gasteiger partial charge in [-0.25, -0.2) is 0 Å². The zero-order valence-corrected chi connectivity index (χ0v) is 9.49. The molecule has 0 radical (unpaired) electrons. The maximum atomic E-state index is 9.45. The van der Waals surface area contributed by atoms with Gasteiger partial charge in [0, 0.05) is 12.1 Å². The van der Waals surface area contributed by atoms with Gasteiger partial charge in [0.2, 0.25) is 0 Å². The van der Waals surface area contributed by atoms with E-state index in [4.69, 9.17) is 0 Å². The molecule has 15 heavy (non-hydrogen) atoms. The molecule has 0 aromatic carbocycles. The Bertz CT molecular complexity index is 209. The third kappa shape index (κ3) is 3.05. The Kier molecular flexibility index (Phi) is 4.21. The smallest absolute Gasteiger partial charge is 0.0587 e. The highest BCUT2D eigenvalue weighted by atomic mass is 16.3. The molecule has 0 bridgehead atoms. The molecule has 0 aromatic heterocycles. The summed E-state index contributed by atoms with van der Waals surface area (Å²) in [6.45, 7) is 0.301. The van der Waals surface area contributed by atoms with Gasteiger partial charge in [-0.2, -0.15) is 0 Å². The average Bonchev–Trinajstić information content (AvgIpc) is 2.80. The molecule has 2 rings (SSSR count). The third-order valence-corrected chi connectivity index (χ3v) is 3.88. The van der Waals surface area contributed by atoms with E-state index < -0.39 is 0 Å². The van der Waals surface area contributed by atoms with Gasteiger partial charge in [0.25, 0.3) is 0 Å². The second kappa shape index (κ2) is 5.66. The van der Waals surface area contributed by atoms with Crippen molar-refractivity contribution in [3.8, 4) is 0 Å². The number of hydrogen-bond acceptors (Lipinski definition) is 2. The zero-order chi connectivity index (χ0) is 10.5. The van der Waals surface area contributed by atoms with Crippen LogP contribution < -0.4 is 5.32 Å². The monoisotopic (exact) mass is 209 g/mol. The molecule has 0 aromatic rings. The Morgan fingerprint density at radius 1 is 1.20 bits per heavy atom. The Morgan fingerprint density at radius 2 is 2.00 bits per heavy atom. The predicted molar refractivity (Wildman–Crippen MR) is 62.7 cm³/mol. The van der Waals surface area contributed by atoms with Gasteiger partial charge in [0.05, 0.1) is 6.61 Å². The normalized spacial score (nSPS) is 29.5. The first-order valence-electron chi connectivity index (χ1n) is 6.42. The Balaban J connectivity index is 1.82. The first kappa shape index (κ1) is 11.2. The van der Waals surface area contributed by atoms with E-state index in [1.807, 2.05) is 0 Å². The van der Waals surface area contributed by atoms with Crippen molar-refractivity contribution < 1.29 is 5.11 Å². The van der Waals surface area contributed by atoms with Crippen LogP contribution in [0.1, 0.15) is 44.9 Å². The number of allylic oxidation sites excluding steroid dienone is 2. The number of aliphatic hydroxyl groups is 1. The van der Waals surface area contributed by atoms with Crippen LogP contribution in [0.2, 0.25) is 0 Å². The van der Waals surface area contributed by atoms with E-state index in [0.717, 1.165) is 6.42 Å². The SMILES string of the molecule is OCC(NC1CCCC1)C1CC=CCC1. The highest BCUT2D eigenvalue weighted by Crippen LogP contribution is 2.24. The highest BCUT2D eigenvalue weighted by Gasteiger charge is 2.25. The van der Waals surface area contributed by atoms with Crippen LogP contribution in [0.4, 0.5) is 0 Å². The van der Waals surface area contributed by atoms with E-state index >= 15 is 0 Å². The van der Waals surface area contributed by atoms with Crippen molar-refractivity contribution in [2.45, 2.75) is 57.0 Å². The van der Waals surface area contributed by atoms with Crippen molar-refractivity contribution in [3.05, 3.63) is 12.2 Å². The van der Waals surface area contributed by atoms with Crippen LogP contribution in [0, 0.1) is 5.92 Å². The second-order valence-corrected chi connectivity index (χ2v) is 4.98. The molecule has 1 fully saturated rings. The summed E-state index contributed by atoms with van der Waals surface area (Å²) in [5, 5.41) is 13.1. The summed E-state index contributed by atoms with van der Waals surface area (Å²) in [4.78, 5) is 0. The molecule has 2 unspecified atom stereocenters. The van der Waals surface area contributed by atoms with Gasteiger partial charge in [0.1, 0.15) is 0 Å². The Labute approximate surface area is 92.8 Å². The lowest BCUT2D eigenvalue weighted by Gasteiger charge is -2.30. The minimum atomic E-state index is 0.301. The minimum Gasteiger partial charge on any atom is -0.395 e. The molecule has 0 aliphatic heterocycles. The van der Waals surface area contributed by atoms with Gasteiger partial charge >= 0.3 is 0 Å². The van der Waals surface area contributed by atoms with Crippen LogP contribution in [-0.2, 0) is 0 Å². The lowest BCUT2D eigenvalue weighted by atomic mass is 9.87. The van der Waals surface area contributed by atoms with Crippen LogP contribution in [-0.4, -0.2) is 23.8 Å². The fourth-order valence-corrected chi connectivity index (χ4v) is 2.92. The molecular weight excluding hydrogens is 186 g/mol. The number of hydrogen-bond donors (Lipinski definition) is 2.